The number of hydrogen-bond donors (Lipinski definition) is 2. The molecule has 1 aromatic carbocycles. The third kappa shape index (κ3) is 4.52. The third-order valence-corrected chi connectivity index (χ3v) is 3.06. The zero-order chi connectivity index (χ0) is 17.6. The van der Waals surface area contributed by atoms with Gasteiger partial charge < -0.3 is 4.74 Å². The highest BCUT2D eigenvalue weighted by atomic mass is 19.4. The first-order chi connectivity index (χ1) is 11.5. The Morgan fingerprint density at radius 3 is 2.83 bits per heavy atom. The number of aromatic nitrogens is 2. The van der Waals surface area contributed by atoms with E-state index < -0.39 is 11.7 Å². The van der Waals surface area contributed by atoms with Crippen molar-refractivity contribution in [2.45, 2.75) is 19.0 Å². The first kappa shape index (κ1) is 17.9. The number of hydroxylamine groups is 1. The minimum atomic E-state index is -4.49. The number of methoxy groups -OCH3 is 1. The van der Waals surface area contributed by atoms with E-state index in [2.05, 4.69) is 19.9 Å². The van der Waals surface area contributed by atoms with Gasteiger partial charge in [0.25, 0.3) is 0 Å². The van der Waals surface area contributed by atoms with Crippen molar-refractivity contribution in [2.75, 3.05) is 13.7 Å². The number of aliphatic imine (C=N–C) groups is 1. The highest BCUT2D eigenvalue weighted by Gasteiger charge is 2.30. The summed E-state index contributed by atoms with van der Waals surface area (Å²) < 4.78 is 47.8. The Morgan fingerprint density at radius 1 is 1.38 bits per heavy atom. The van der Waals surface area contributed by atoms with Gasteiger partial charge in [-0.3, -0.25) is 10.7 Å². The SMILES string of the molecule is COCCCc1nonc1C(=Nc1cccc(C(F)(F)F)c1)NO. The minimum absolute atomic E-state index is 0.00721. The molecule has 0 unspecified atom stereocenters. The first-order valence-electron chi connectivity index (χ1n) is 6.92. The summed E-state index contributed by atoms with van der Waals surface area (Å²) in [5, 5.41) is 16.6. The van der Waals surface area contributed by atoms with Gasteiger partial charge in [0.05, 0.1) is 11.3 Å². The second-order valence-corrected chi connectivity index (χ2v) is 4.78. The summed E-state index contributed by atoms with van der Waals surface area (Å²) in [7, 11) is 1.55. The topological polar surface area (TPSA) is 92.8 Å². The Labute approximate surface area is 135 Å². The number of nitrogens with zero attached hydrogens (tertiary/aromatic N) is 3. The molecule has 0 fully saturated rings. The van der Waals surface area contributed by atoms with E-state index in [1.807, 2.05) is 5.48 Å². The Balaban J connectivity index is 2.29. The van der Waals surface area contributed by atoms with Crippen LogP contribution in [0, 0.1) is 0 Å². The number of benzene rings is 1. The lowest BCUT2D eigenvalue weighted by atomic mass is 10.2. The molecule has 2 rings (SSSR count). The Bertz CT molecular complexity index is 701. The van der Waals surface area contributed by atoms with Crippen LogP contribution in [-0.2, 0) is 17.3 Å². The monoisotopic (exact) mass is 344 g/mol. The molecule has 7 nitrogen and oxygen atoms in total. The van der Waals surface area contributed by atoms with Gasteiger partial charge in [-0.15, -0.1) is 0 Å². The van der Waals surface area contributed by atoms with Crippen LogP contribution in [0.3, 0.4) is 0 Å². The fourth-order valence-corrected chi connectivity index (χ4v) is 1.95. The molecule has 10 heteroatoms. The molecular formula is C14H15F3N4O3. The molecule has 1 heterocycles. The van der Waals surface area contributed by atoms with Crippen LogP contribution in [0.1, 0.15) is 23.4 Å². The molecule has 0 aliphatic carbocycles. The van der Waals surface area contributed by atoms with E-state index >= 15 is 0 Å². The van der Waals surface area contributed by atoms with Crippen molar-refractivity contribution in [2.24, 2.45) is 4.99 Å². The van der Waals surface area contributed by atoms with Crippen molar-refractivity contribution in [1.82, 2.24) is 15.8 Å². The maximum atomic E-state index is 12.7. The van der Waals surface area contributed by atoms with Gasteiger partial charge in [-0.05, 0) is 36.2 Å². The van der Waals surface area contributed by atoms with E-state index in [9.17, 15) is 18.4 Å². The maximum absolute atomic E-state index is 12.7. The molecule has 130 valence electrons. The average Bonchev–Trinajstić information content (AvgIpc) is 3.01. The predicted molar refractivity (Wildman–Crippen MR) is 77.1 cm³/mol. The van der Waals surface area contributed by atoms with Gasteiger partial charge in [0.1, 0.15) is 5.69 Å². The van der Waals surface area contributed by atoms with Gasteiger partial charge in [-0.1, -0.05) is 11.2 Å². The first-order valence-corrected chi connectivity index (χ1v) is 6.92. The molecule has 0 aliphatic rings. The number of hydrogen-bond acceptors (Lipinski definition) is 6. The van der Waals surface area contributed by atoms with Crippen molar-refractivity contribution in [1.29, 1.82) is 0 Å². The number of ether oxygens (including phenoxy) is 1. The lowest BCUT2D eigenvalue weighted by Gasteiger charge is -2.07. The third-order valence-electron chi connectivity index (χ3n) is 3.06. The van der Waals surface area contributed by atoms with Gasteiger partial charge >= 0.3 is 6.18 Å². The van der Waals surface area contributed by atoms with Gasteiger partial charge in [-0.2, -0.15) is 13.2 Å². The van der Waals surface area contributed by atoms with Crippen LogP contribution in [-0.4, -0.2) is 35.1 Å². The number of alkyl halides is 3. The van der Waals surface area contributed by atoms with E-state index in [1.54, 1.807) is 7.11 Å². The molecule has 0 amide bonds. The molecule has 2 N–H and O–H groups in total. The summed E-state index contributed by atoms with van der Waals surface area (Å²) in [5.41, 5.74) is 1.48. The smallest absolute Gasteiger partial charge is 0.385 e. The molecule has 2 aromatic rings. The van der Waals surface area contributed by atoms with E-state index in [1.165, 1.54) is 12.1 Å². The van der Waals surface area contributed by atoms with E-state index in [-0.39, 0.29) is 17.2 Å². The number of halogens is 3. The van der Waals surface area contributed by atoms with Gasteiger partial charge in [0, 0.05) is 13.7 Å². The van der Waals surface area contributed by atoms with Crippen molar-refractivity contribution in [3.63, 3.8) is 0 Å². The number of aryl methyl sites for hydroxylation is 1. The van der Waals surface area contributed by atoms with Crippen molar-refractivity contribution in [3.8, 4) is 0 Å². The van der Waals surface area contributed by atoms with Gasteiger partial charge in [-0.25, -0.2) is 9.62 Å². The van der Waals surface area contributed by atoms with Crippen LogP contribution < -0.4 is 5.48 Å². The normalized spacial score (nSPS) is 12.5. The highest BCUT2D eigenvalue weighted by molar-refractivity contribution is 5.98. The van der Waals surface area contributed by atoms with Crippen molar-refractivity contribution < 1.29 is 27.7 Å². The standard InChI is InChI=1S/C14H15F3N4O3/c1-23-7-3-6-11-12(21-24-20-11)13(19-22)18-10-5-2-4-9(8-10)14(15,16)17/h2,4-5,8,22H,3,6-7H2,1H3,(H,18,19). The maximum Gasteiger partial charge on any atom is 0.416 e. The highest BCUT2D eigenvalue weighted by Crippen LogP contribution is 2.31. The lowest BCUT2D eigenvalue weighted by Crippen LogP contribution is -2.22. The molecule has 0 aliphatic heterocycles. The second kappa shape index (κ2) is 7.88. The molecular weight excluding hydrogens is 329 g/mol. The van der Waals surface area contributed by atoms with Crippen LogP contribution in [0.2, 0.25) is 0 Å². The summed E-state index contributed by atoms with van der Waals surface area (Å²) in [6.45, 7) is 0.485. The molecule has 0 bridgehead atoms. The van der Waals surface area contributed by atoms with E-state index in [0.29, 0.717) is 25.1 Å². The van der Waals surface area contributed by atoms with E-state index in [0.717, 1.165) is 12.1 Å². The zero-order valence-electron chi connectivity index (χ0n) is 12.7. The molecule has 1 aromatic heterocycles. The summed E-state index contributed by atoms with van der Waals surface area (Å²) in [5.74, 6) is -0.164. The summed E-state index contributed by atoms with van der Waals surface area (Å²) in [6, 6.07) is 4.37. The van der Waals surface area contributed by atoms with Crippen molar-refractivity contribution >= 4 is 11.5 Å². The molecule has 0 atom stereocenters. The Kier molecular flexibility index (Phi) is 5.88. The fourth-order valence-electron chi connectivity index (χ4n) is 1.95. The molecule has 24 heavy (non-hydrogen) atoms. The fraction of sp³-hybridized carbons (Fsp3) is 0.357. The molecule has 0 radical (unpaired) electrons. The number of nitrogens with one attached hydrogen (secondary N) is 1. The zero-order valence-corrected chi connectivity index (χ0v) is 12.7. The summed E-state index contributed by atoms with van der Waals surface area (Å²) >= 11 is 0. The van der Waals surface area contributed by atoms with Crippen LogP contribution in [0.25, 0.3) is 0 Å². The molecule has 0 saturated heterocycles. The Morgan fingerprint density at radius 2 is 2.17 bits per heavy atom. The predicted octanol–water partition coefficient (Wildman–Crippen LogP) is 2.72. The van der Waals surface area contributed by atoms with Crippen LogP contribution in [0.4, 0.5) is 18.9 Å². The lowest BCUT2D eigenvalue weighted by molar-refractivity contribution is -0.137. The minimum Gasteiger partial charge on any atom is -0.385 e. The summed E-state index contributed by atoms with van der Waals surface area (Å²) in [4.78, 5) is 3.94. The van der Waals surface area contributed by atoms with Gasteiger partial charge in [0.15, 0.2) is 11.5 Å². The van der Waals surface area contributed by atoms with E-state index in [4.69, 9.17) is 4.74 Å². The Hall–Kier alpha value is -2.46. The van der Waals surface area contributed by atoms with Crippen LogP contribution in [0.5, 0.6) is 0 Å². The number of amidine groups is 1. The average molecular weight is 344 g/mol. The molecule has 0 saturated carbocycles. The van der Waals surface area contributed by atoms with Crippen molar-refractivity contribution in [3.05, 3.63) is 41.2 Å². The van der Waals surface area contributed by atoms with Crippen LogP contribution in [0.15, 0.2) is 33.9 Å². The quantitative estimate of drug-likeness (QED) is 0.362. The second-order valence-electron chi connectivity index (χ2n) is 4.78. The number of rotatable bonds is 6. The largest absolute Gasteiger partial charge is 0.416 e. The van der Waals surface area contributed by atoms with Crippen LogP contribution >= 0.6 is 0 Å². The molecule has 0 spiro atoms. The van der Waals surface area contributed by atoms with Gasteiger partial charge in [0.2, 0.25) is 0 Å². The summed E-state index contributed by atoms with van der Waals surface area (Å²) in [6.07, 6.45) is -3.42.